The van der Waals surface area contributed by atoms with Crippen LogP contribution in [0.2, 0.25) is 0 Å². The molecule has 0 aromatic heterocycles. The van der Waals surface area contributed by atoms with E-state index < -0.39 is 0 Å². The van der Waals surface area contributed by atoms with Crippen molar-refractivity contribution in [1.82, 2.24) is 5.32 Å². The summed E-state index contributed by atoms with van der Waals surface area (Å²) < 4.78 is 0. The third-order valence-electron chi connectivity index (χ3n) is 3.51. The summed E-state index contributed by atoms with van der Waals surface area (Å²) in [5.74, 6) is 0.893. The van der Waals surface area contributed by atoms with Crippen molar-refractivity contribution >= 4 is 0 Å². The highest BCUT2D eigenvalue weighted by atomic mass is 14.9. The molecule has 0 radical (unpaired) electrons. The number of hydrogen-bond acceptors (Lipinski definition) is 1. The Morgan fingerprint density at radius 2 is 1.06 bits per heavy atom. The van der Waals surface area contributed by atoms with Crippen molar-refractivity contribution in [3.05, 3.63) is 0 Å². The van der Waals surface area contributed by atoms with E-state index in [0.717, 1.165) is 5.92 Å². The highest BCUT2D eigenvalue weighted by Crippen LogP contribution is 2.12. The first-order chi connectivity index (χ1) is 8.63. The lowest BCUT2D eigenvalue weighted by molar-refractivity contribution is 0.501. The second-order valence-electron chi connectivity index (χ2n) is 6.47. The zero-order chi connectivity index (χ0) is 13.6. The van der Waals surface area contributed by atoms with E-state index in [4.69, 9.17) is 0 Å². The predicted molar refractivity (Wildman–Crippen MR) is 84.1 cm³/mol. The van der Waals surface area contributed by atoms with Crippen molar-refractivity contribution in [1.29, 1.82) is 0 Å². The summed E-state index contributed by atoms with van der Waals surface area (Å²) >= 11 is 0. The highest BCUT2D eigenvalue weighted by molar-refractivity contribution is 4.54. The molecule has 0 bridgehead atoms. The van der Waals surface area contributed by atoms with Crippen molar-refractivity contribution in [3.63, 3.8) is 0 Å². The van der Waals surface area contributed by atoms with Crippen LogP contribution in [-0.4, -0.2) is 12.6 Å². The van der Waals surface area contributed by atoms with Gasteiger partial charge in [0.2, 0.25) is 0 Å². The van der Waals surface area contributed by atoms with Gasteiger partial charge in [0, 0.05) is 6.04 Å². The molecule has 0 atom stereocenters. The van der Waals surface area contributed by atoms with Gasteiger partial charge in [0.1, 0.15) is 0 Å². The molecule has 1 nitrogen and oxygen atoms in total. The Morgan fingerprint density at radius 1 is 0.611 bits per heavy atom. The third kappa shape index (κ3) is 16.0. The topological polar surface area (TPSA) is 12.0 Å². The van der Waals surface area contributed by atoms with E-state index in [9.17, 15) is 0 Å². The molecule has 0 saturated heterocycles. The molecule has 0 aromatic carbocycles. The van der Waals surface area contributed by atoms with Crippen LogP contribution in [0.15, 0.2) is 0 Å². The van der Waals surface area contributed by atoms with Crippen molar-refractivity contribution in [2.75, 3.05) is 6.54 Å². The fourth-order valence-corrected chi connectivity index (χ4v) is 2.31. The largest absolute Gasteiger partial charge is 0.315 e. The Hall–Kier alpha value is -0.0400. The van der Waals surface area contributed by atoms with E-state index in [-0.39, 0.29) is 0 Å². The van der Waals surface area contributed by atoms with Gasteiger partial charge in [-0.25, -0.2) is 0 Å². The molecule has 0 fully saturated rings. The van der Waals surface area contributed by atoms with E-state index in [1.807, 2.05) is 0 Å². The zero-order valence-electron chi connectivity index (χ0n) is 13.4. The van der Waals surface area contributed by atoms with Crippen LogP contribution in [-0.2, 0) is 0 Å². The molecule has 0 rings (SSSR count). The van der Waals surface area contributed by atoms with Gasteiger partial charge in [-0.05, 0) is 18.9 Å². The van der Waals surface area contributed by atoms with Crippen LogP contribution >= 0.6 is 0 Å². The summed E-state index contributed by atoms with van der Waals surface area (Å²) in [7, 11) is 0. The Bertz CT molecular complexity index is 134. The van der Waals surface area contributed by atoms with Gasteiger partial charge in [0.25, 0.3) is 0 Å². The van der Waals surface area contributed by atoms with Crippen molar-refractivity contribution in [2.24, 2.45) is 5.92 Å². The quantitative estimate of drug-likeness (QED) is 0.426. The van der Waals surface area contributed by atoms with Gasteiger partial charge < -0.3 is 5.32 Å². The van der Waals surface area contributed by atoms with Gasteiger partial charge >= 0.3 is 0 Å². The lowest BCUT2D eigenvalue weighted by Gasteiger charge is -2.07. The van der Waals surface area contributed by atoms with Gasteiger partial charge in [0.15, 0.2) is 0 Å². The molecule has 1 heteroatoms. The fraction of sp³-hybridized carbons (Fsp3) is 1.00. The average molecular weight is 255 g/mol. The second kappa shape index (κ2) is 13.4. The standard InChI is InChI=1S/C17H37N/c1-16(2)14-12-10-8-6-5-7-9-11-13-15-18-17(3)4/h16-18H,5-15H2,1-4H3. The number of hydrogen-bond donors (Lipinski definition) is 1. The van der Waals surface area contributed by atoms with Gasteiger partial charge in [-0.3, -0.25) is 0 Å². The highest BCUT2D eigenvalue weighted by Gasteiger charge is 1.96. The first-order valence-electron chi connectivity index (χ1n) is 8.36. The molecule has 0 saturated carbocycles. The van der Waals surface area contributed by atoms with Crippen molar-refractivity contribution < 1.29 is 0 Å². The van der Waals surface area contributed by atoms with E-state index in [1.54, 1.807) is 0 Å². The molecule has 0 spiro atoms. The van der Waals surface area contributed by atoms with Crippen LogP contribution in [0.3, 0.4) is 0 Å². The molecule has 0 aromatic rings. The molecule has 0 aliphatic rings. The summed E-state index contributed by atoms with van der Waals surface area (Å²) in [5.41, 5.74) is 0. The van der Waals surface area contributed by atoms with Crippen LogP contribution in [0.5, 0.6) is 0 Å². The van der Waals surface area contributed by atoms with Gasteiger partial charge in [-0.1, -0.05) is 85.5 Å². The molecule has 1 N–H and O–H groups in total. The summed E-state index contributed by atoms with van der Waals surface area (Å²) in [5, 5.41) is 3.48. The molecule has 0 aliphatic carbocycles. The number of nitrogens with one attached hydrogen (secondary N) is 1. The maximum Gasteiger partial charge on any atom is 0.00103 e. The van der Waals surface area contributed by atoms with Crippen LogP contribution in [0.4, 0.5) is 0 Å². The third-order valence-corrected chi connectivity index (χ3v) is 3.51. The van der Waals surface area contributed by atoms with Crippen LogP contribution in [0, 0.1) is 5.92 Å². The monoisotopic (exact) mass is 255 g/mol. The minimum atomic E-state index is 0.649. The summed E-state index contributed by atoms with van der Waals surface area (Å²) in [6.07, 6.45) is 14.3. The van der Waals surface area contributed by atoms with Crippen molar-refractivity contribution in [3.8, 4) is 0 Å². The Balaban J connectivity index is 2.95. The smallest absolute Gasteiger partial charge is 0.00103 e. The SMILES string of the molecule is CC(C)CCCCCCCCCCCNC(C)C. The predicted octanol–water partition coefficient (Wildman–Crippen LogP) is 5.54. The summed E-state index contributed by atoms with van der Waals surface area (Å²) in [6, 6.07) is 0.649. The lowest BCUT2D eigenvalue weighted by Crippen LogP contribution is -2.23. The van der Waals surface area contributed by atoms with Gasteiger partial charge in [-0.15, -0.1) is 0 Å². The molecule has 0 unspecified atom stereocenters. The summed E-state index contributed by atoms with van der Waals surface area (Å²) in [4.78, 5) is 0. The molecule has 110 valence electrons. The first-order valence-corrected chi connectivity index (χ1v) is 8.36. The minimum Gasteiger partial charge on any atom is -0.315 e. The zero-order valence-corrected chi connectivity index (χ0v) is 13.4. The molecule has 0 aliphatic heterocycles. The Labute approximate surface area is 116 Å². The average Bonchev–Trinajstić information content (AvgIpc) is 2.29. The molecule has 0 heterocycles. The first kappa shape index (κ1) is 18.0. The van der Waals surface area contributed by atoms with Crippen LogP contribution < -0.4 is 5.32 Å². The number of rotatable bonds is 13. The normalized spacial score (nSPS) is 11.7. The fourth-order valence-electron chi connectivity index (χ4n) is 2.31. The van der Waals surface area contributed by atoms with E-state index >= 15 is 0 Å². The minimum absolute atomic E-state index is 0.649. The van der Waals surface area contributed by atoms with Crippen molar-refractivity contribution in [2.45, 2.75) is 97.9 Å². The molecule has 0 amide bonds. The molecule has 18 heavy (non-hydrogen) atoms. The Kier molecular flexibility index (Phi) is 13.4. The maximum atomic E-state index is 3.48. The number of unbranched alkanes of at least 4 members (excludes halogenated alkanes) is 8. The lowest BCUT2D eigenvalue weighted by atomic mass is 10.0. The Morgan fingerprint density at radius 3 is 1.50 bits per heavy atom. The van der Waals surface area contributed by atoms with Crippen LogP contribution in [0.1, 0.15) is 91.9 Å². The van der Waals surface area contributed by atoms with Gasteiger partial charge in [-0.2, -0.15) is 0 Å². The molecular weight excluding hydrogens is 218 g/mol. The van der Waals surface area contributed by atoms with E-state index in [0.29, 0.717) is 6.04 Å². The summed E-state index contributed by atoms with van der Waals surface area (Å²) in [6.45, 7) is 10.3. The second-order valence-corrected chi connectivity index (χ2v) is 6.47. The maximum absolute atomic E-state index is 3.48. The molecular formula is C17H37N. The van der Waals surface area contributed by atoms with E-state index in [1.165, 1.54) is 70.8 Å². The van der Waals surface area contributed by atoms with Gasteiger partial charge in [0.05, 0.1) is 0 Å². The van der Waals surface area contributed by atoms with Crippen LogP contribution in [0.25, 0.3) is 0 Å². The van der Waals surface area contributed by atoms with E-state index in [2.05, 4.69) is 33.0 Å².